The van der Waals surface area contributed by atoms with Crippen molar-refractivity contribution in [2.24, 2.45) is 0 Å². The maximum Gasteiger partial charge on any atom is 0.339 e. The van der Waals surface area contributed by atoms with Gasteiger partial charge in [-0.25, -0.2) is 4.79 Å². The third kappa shape index (κ3) is 3.07. The fraction of sp³-hybridized carbons (Fsp3) is 0.0769. The number of nitrogens with zero attached hydrogens (tertiary/aromatic N) is 1. The van der Waals surface area contributed by atoms with E-state index in [-0.39, 0.29) is 5.56 Å². The molecule has 0 aliphatic carbocycles. The summed E-state index contributed by atoms with van der Waals surface area (Å²) in [4.78, 5) is 15.0. The van der Waals surface area contributed by atoms with E-state index < -0.39 is 5.97 Å². The number of hydrogen-bond donors (Lipinski definition) is 1. The van der Waals surface area contributed by atoms with Crippen LogP contribution in [0.25, 0.3) is 0 Å². The molecule has 0 saturated carbocycles. The predicted octanol–water partition coefficient (Wildman–Crippen LogP) is 3.12. The molecule has 92 valence electrons. The summed E-state index contributed by atoms with van der Waals surface area (Å²) in [5.41, 5.74) is 1.07. The molecule has 1 aromatic heterocycles. The molecule has 0 aliphatic heterocycles. The molecule has 0 spiro atoms. The minimum atomic E-state index is -1.01. The van der Waals surface area contributed by atoms with E-state index in [0.29, 0.717) is 16.8 Å². The van der Waals surface area contributed by atoms with E-state index in [2.05, 4.69) is 20.9 Å². The second kappa shape index (κ2) is 5.64. The van der Waals surface area contributed by atoms with E-state index in [1.807, 2.05) is 12.1 Å². The maximum atomic E-state index is 11.1. The molecule has 5 heteroatoms. The van der Waals surface area contributed by atoms with Crippen LogP contribution in [0.3, 0.4) is 0 Å². The van der Waals surface area contributed by atoms with Gasteiger partial charge >= 0.3 is 5.97 Å². The van der Waals surface area contributed by atoms with Crippen LogP contribution in [-0.4, -0.2) is 16.1 Å². The van der Waals surface area contributed by atoms with Crippen LogP contribution in [-0.2, 0) is 6.61 Å². The molecule has 0 fully saturated rings. The SMILES string of the molecule is O=C(O)c1cc(Br)ccc1OCc1ccncc1. The van der Waals surface area contributed by atoms with Gasteiger partial charge in [-0.05, 0) is 35.9 Å². The van der Waals surface area contributed by atoms with Crippen molar-refractivity contribution in [2.75, 3.05) is 0 Å². The van der Waals surface area contributed by atoms with Crippen LogP contribution in [0, 0.1) is 0 Å². The van der Waals surface area contributed by atoms with Crippen molar-refractivity contribution in [3.8, 4) is 5.75 Å². The fourth-order valence-electron chi connectivity index (χ4n) is 1.44. The van der Waals surface area contributed by atoms with Crippen LogP contribution in [0.4, 0.5) is 0 Å². The fourth-order valence-corrected chi connectivity index (χ4v) is 1.80. The van der Waals surface area contributed by atoms with E-state index >= 15 is 0 Å². The number of ether oxygens (including phenoxy) is 1. The molecule has 0 amide bonds. The molecule has 18 heavy (non-hydrogen) atoms. The van der Waals surface area contributed by atoms with E-state index in [9.17, 15) is 4.79 Å². The molecule has 0 unspecified atom stereocenters. The Morgan fingerprint density at radius 3 is 2.67 bits per heavy atom. The smallest absolute Gasteiger partial charge is 0.339 e. The molecular weight excluding hydrogens is 298 g/mol. The summed E-state index contributed by atoms with van der Waals surface area (Å²) >= 11 is 3.23. The van der Waals surface area contributed by atoms with Crippen molar-refractivity contribution in [1.82, 2.24) is 4.98 Å². The second-order valence-electron chi connectivity index (χ2n) is 3.59. The highest BCUT2D eigenvalue weighted by molar-refractivity contribution is 9.10. The Bertz CT molecular complexity index is 557. The summed E-state index contributed by atoms with van der Waals surface area (Å²) in [6, 6.07) is 8.53. The van der Waals surface area contributed by atoms with Crippen LogP contribution >= 0.6 is 15.9 Å². The zero-order chi connectivity index (χ0) is 13.0. The van der Waals surface area contributed by atoms with Crippen LogP contribution in [0.2, 0.25) is 0 Å². The zero-order valence-electron chi connectivity index (χ0n) is 9.34. The third-order valence-electron chi connectivity index (χ3n) is 2.32. The van der Waals surface area contributed by atoms with Crippen molar-refractivity contribution >= 4 is 21.9 Å². The van der Waals surface area contributed by atoms with Gasteiger partial charge in [-0.2, -0.15) is 0 Å². The Balaban J connectivity index is 2.17. The van der Waals surface area contributed by atoms with Gasteiger partial charge in [-0.3, -0.25) is 4.98 Å². The Labute approximate surface area is 112 Å². The lowest BCUT2D eigenvalue weighted by Crippen LogP contribution is -2.03. The summed E-state index contributed by atoms with van der Waals surface area (Å²) in [5.74, 6) is -0.663. The number of benzene rings is 1. The molecule has 1 aromatic carbocycles. The first-order valence-corrected chi connectivity index (χ1v) is 6.00. The lowest BCUT2D eigenvalue weighted by Gasteiger charge is -2.09. The molecule has 1 N–H and O–H groups in total. The lowest BCUT2D eigenvalue weighted by atomic mass is 10.2. The second-order valence-corrected chi connectivity index (χ2v) is 4.51. The zero-order valence-corrected chi connectivity index (χ0v) is 10.9. The predicted molar refractivity (Wildman–Crippen MR) is 69.7 cm³/mol. The molecule has 0 saturated heterocycles. The number of aromatic nitrogens is 1. The van der Waals surface area contributed by atoms with Gasteiger partial charge in [0.1, 0.15) is 17.9 Å². The first kappa shape index (κ1) is 12.6. The highest BCUT2D eigenvalue weighted by Crippen LogP contribution is 2.24. The molecule has 0 aliphatic rings. The van der Waals surface area contributed by atoms with E-state index in [0.717, 1.165) is 5.56 Å². The normalized spacial score (nSPS) is 10.1. The summed E-state index contributed by atoms with van der Waals surface area (Å²) in [7, 11) is 0. The topological polar surface area (TPSA) is 59.4 Å². The number of carboxylic acid groups (broad SMARTS) is 1. The summed E-state index contributed by atoms with van der Waals surface area (Å²) in [6.45, 7) is 0.310. The number of halogens is 1. The molecular formula is C13H10BrNO3. The summed E-state index contributed by atoms with van der Waals surface area (Å²) in [6.07, 6.45) is 3.33. The van der Waals surface area contributed by atoms with Gasteiger partial charge in [0.05, 0.1) is 0 Å². The van der Waals surface area contributed by atoms with Crippen molar-refractivity contribution in [2.45, 2.75) is 6.61 Å². The van der Waals surface area contributed by atoms with Crippen LogP contribution < -0.4 is 4.74 Å². The van der Waals surface area contributed by atoms with E-state index in [1.165, 1.54) is 6.07 Å². The number of carboxylic acids is 1. The van der Waals surface area contributed by atoms with Crippen LogP contribution in [0.5, 0.6) is 5.75 Å². The van der Waals surface area contributed by atoms with Gasteiger partial charge in [0.2, 0.25) is 0 Å². The van der Waals surface area contributed by atoms with Gasteiger partial charge in [-0.1, -0.05) is 15.9 Å². The maximum absolute atomic E-state index is 11.1. The molecule has 2 aromatic rings. The number of rotatable bonds is 4. The number of aromatic carboxylic acids is 1. The van der Waals surface area contributed by atoms with Gasteiger partial charge in [-0.15, -0.1) is 0 Å². The minimum absolute atomic E-state index is 0.137. The third-order valence-corrected chi connectivity index (χ3v) is 2.81. The molecule has 4 nitrogen and oxygen atoms in total. The number of carbonyl (C=O) groups is 1. The summed E-state index contributed by atoms with van der Waals surface area (Å²) < 4.78 is 6.21. The standard InChI is InChI=1S/C13H10BrNO3/c14-10-1-2-12(11(7-10)13(16)17)18-8-9-3-5-15-6-4-9/h1-7H,8H2,(H,16,17). The first-order valence-electron chi connectivity index (χ1n) is 5.21. The molecule has 0 bridgehead atoms. The monoisotopic (exact) mass is 307 g/mol. The average molecular weight is 308 g/mol. The van der Waals surface area contributed by atoms with Crippen LogP contribution in [0.15, 0.2) is 47.2 Å². The van der Waals surface area contributed by atoms with Gasteiger partial charge in [0.15, 0.2) is 0 Å². The number of hydrogen-bond acceptors (Lipinski definition) is 3. The number of pyridine rings is 1. The van der Waals surface area contributed by atoms with Gasteiger partial charge < -0.3 is 9.84 Å². The van der Waals surface area contributed by atoms with Crippen molar-refractivity contribution in [3.05, 3.63) is 58.3 Å². The minimum Gasteiger partial charge on any atom is -0.488 e. The highest BCUT2D eigenvalue weighted by Gasteiger charge is 2.11. The highest BCUT2D eigenvalue weighted by atomic mass is 79.9. The van der Waals surface area contributed by atoms with Crippen LogP contribution in [0.1, 0.15) is 15.9 Å². The van der Waals surface area contributed by atoms with Crippen molar-refractivity contribution in [1.29, 1.82) is 0 Å². The molecule has 0 atom stereocenters. The molecule has 2 rings (SSSR count). The molecule has 0 radical (unpaired) electrons. The van der Waals surface area contributed by atoms with Gasteiger partial charge in [0.25, 0.3) is 0 Å². The lowest BCUT2D eigenvalue weighted by molar-refractivity contribution is 0.0691. The largest absolute Gasteiger partial charge is 0.488 e. The van der Waals surface area contributed by atoms with E-state index in [1.54, 1.807) is 24.5 Å². The first-order chi connectivity index (χ1) is 8.66. The Kier molecular flexibility index (Phi) is 3.94. The summed E-state index contributed by atoms with van der Waals surface area (Å²) in [5, 5.41) is 9.08. The average Bonchev–Trinajstić information content (AvgIpc) is 2.38. The van der Waals surface area contributed by atoms with Gasteiger partial charge in [0, 0.05) is 16.9 Å². The van der Waals surface area contributed by atoms with Crippen molar-refractivity contribution < 1.29 is 14.6 Å². The van der Waals surface area contributed by atoms with E-state index in [4.69, 9.17) is 9.84 Å². The molecule has 1 heterocycles. The quantitative estimate of drug-likeness (QED) is 0.943. The Morgan fingerprint density at radius 2 is 2.00 bits per heavy atom. The Hall–Kier alpha value is -1.88. The Morgan fingerprint density at radius 1 is 1.28 bits per heavy atom. The van der Waals surface area contributed by atoms with Crippen molar-refractivity contribution in [3.63, 3.8) is 0 Å².